The van der Waals surface area contributed by atoms with E-state index in [0.29, 0.717) is 16.7 Å². The summed E-state index contributed by atoms with van der Waals surface area (Å²) in [6.07, 6.45) is -4.71. The van der Waals surface area contributed by atoms with Gasteiger partial charge in [0.2, 0.25) is 15.9 Å². The number of sulfonamides is 1. The molecule has 0 saturated carbocycles. The Morgan fingerprint density at radius 3 is 2.18 bits per heavy atom. The molecule has 11 heteroatoms. The highest BCUT2D eigenvalue weighted by atomic mass is 35.5. The van der Waals surface area contributed by atoms with Gasteiger partial charge in [0.15, 0.2) is 0 Å². The summed E-state index contributed by atoms with van der Waals surface area (Å²) in [5.41, 5.74) is -0.671. The van der Waals surface area contributed by atoms with Gasteiger partial charge in [0.05, 0.1) is 21.2 Å². The van der Waals surface area contributed by atoms with Gasteiger partial charge in [-0.2, -0.15) is 17.9 Å². The molecule has 0 heterocycles. The minimum atomic E-state index is -4.65. The molecule has 0 fully saturated rings. The second-order valence-corrected chi connectivity index (χ2v) is 9.56. The number of halogens is 5. The number of rotatable bonds is 7. The standard InChI is InChI=1S/C22H17Cl2F3N2O3S/c23-16-7-9-17(10-8-16)33(31,32)29-20(12-14-4-2-1-3-5-14)21(30)28-19-13-15(22(25,26)27)6-11-18(19)24/h1-11,13,20,29H,12H2,(H,28,30)/t20-/m0/s1. The Morgan fingerprint density at radius 2 is 1.58 bits per heavy atom. The van der Waals surface area contributed by atoms with Gasteiger partial charge < -0.3 is 5.32 Å². The second-order valence-electron chi connectivity index (χ2n) is 7.00. The zero-order chi connectivity index (χ0) is 24.2. The number of alkyl halides is 3. The number of anilines is 1. The monoisotopic (exact) mass is 516 g/mol. The van der Waals surface area contributed by atoms with E-state index in [1.165, 1.54) is 24.3 Å². The number of amides is 1. The van der Waals surface area contributed by atoms with Crippen molar-refractivity contribution in [2.24, 2.45) is 0 Å². The first-order valence-electron chi connectivity index (χ1n) is 9.45. The maximum Gasteiger partial charge on any atom is 0.416 e. The van der Waals surface area contributed by atoms with E-state index in [4.69, 9.17) is 23.2 Å². The van der Waals surface area contributed by atoms with E-state index in [0.717, 1.165) is 12.1 Å². The van der Waals surface area contributed by atoms with E-state index in [2.05, 4.69) is 10.0 Å². The van der Waals surface area contributed by atoms with E-state index >= 15 is 0 Å². The van der Waals surface area contributed by atoms with Crippen LogP contribution in [0.5, 0.6) is 0 Å². The summed E-state index contributed by atoms with van der Waals surface area (Å²) in [7, 11) is -4.16. The summed E-state index contributed by atoms with van der Waals surface area (Å²) in [4.78, 5) is 12.9. The number of carbonyl (C=O) groups is 1. The largest absolute Gasteiger partial charge is 0.416 e. The van der Waals surface area contributed by atoms with Gasteiger partial charge in [-0.15, -0.1) is 0 Å². The van der Waals surface area contributed by atoms with Crippen molar-refractivity contribution in [3.05, 3.63) is 94.0 Å². The summed E-state index contributed by atoms with van der Waals surface area (Å²) in [5.74, 6) is -0.877. The van der Waals surface area contributed by atoms with E-state index in [9.17, 15) is 26.4 Å². The predicted molar refractivity (Wildman–Crippen MR) is 121 cm³/mol. The third kappa shape index (κ3) is 6.70. The van der Waals surface area contributed by atoms with E-state index < -0.39 is 33.7 Å². The Morgan fingerprint density at radius 1 is 0.939 bits per heavy atom. The molecule has 2 N–H and O–H groups in total. The number of hydrogen-bond donors (Lipinski definition) is 2. The van der Waals surface area contributed by atoms with E-state index in [1.54, 1.807) is 30.3 Å². The Balaban J connectivity index is 1.91. The second kappa shape index (κ2) is 10.1. The Hall–Kier alpha value is -2.59. The van der Waals surface area contributed by atoms with Crippen molar-refractivity contribution in [1.29, 1.82) is 0 Å². The Kier molecular flexibility index (Phi) is 7.69. The predicted octanol–water partition coefficient (Wildman–Crippen LogP) is 5.54. The molecule has 0 aromatic heterocycles. The molecule has 0 unspecified atom stereocenters. The molecule has 1 atom stereocenters. The molecule has 5 nitrogen and oxygen atoms in total. The molecule has 0 spiro atoms. The molecule has 0 bridgehead atoms. The minimum Gasteiger partial charge on any atom is -0.323 e. The van der Waals surface area contributed by atoms with Crippen LogP contribution in [0.15, 0.2) is 77.7 Å². The highest BCUT2D eigenvalue weighted by Crippen LogP contribution is 2.34. The Bertz CT molecular complexity index is 1240. The lowest BCUT2D eigenvalue weighted by molar-refractivity contribution is -0.137. The highest BCUT2D eigenvalue weighted by Gasteiger charge is 2.32. The van der Waals surface area contributed by atoms with Crippen molar-refractivity contribution in [1.82, 2.24) is 4.72 Å². The molecule has 0 aliphatic carbocycles. The smallest absolute Gasteiger partial charge is 0.323 e. The maximum absolute atomic E-state index is 13.1. The van der Waals surface area contributed by atoms with Crippen LogP contribution >= 0.6 is 23.2 Å². The van der Waals surface area contributed by atoms with E-state index in [-0.39, 0.29) is 22.0 Å². The summed E-state index contributed by atoms with van der Waals surface area (Å²) in [6, 6.07) is 15.0. The number of nitrogens with one attached hydrogen (secondary N) is 2. The first kappa shape index (κ1) is 25.0. The lowest BCUT2D eigenvalue weighted by Gasteiger charge is -2.20. The molecule has 174 valence electrons. The Labute approximate surface area is 198 Å². The molecule has 0 radical (unpaired) electrons. The molecule has 1 amide bonds. The van der Waals surface area contributed by atoms with Crippen LogP contribution in [-0.4, -0.2) is 20.4 Å². The normalized spacial score (nSPS) is 12.9. The van der Waals surface area contributed by atoms with Crippen molar-refractivity contribution >= 4 is 44.8 Å². The SMILES string of the molecule is O=C(Nc1cc(C(F)(F)F)ccc1Cl)[C@H](Cc1ccccc1)NS(=O)(=O)c1ccc(Cl)cc1. The van der Waals surface area contributed by atoms with Crippen molar-refractivity contribution < 1.29 is 26.4 Å². The fourth-order valence-corrected chi connectivity index (χ4v) is 4.41. The van der Waals surface area contributed by atoms with Crippen LogP contribution in [0.4, 0.5) is 18.9 Å². The third-order valence-electron chi connectivity index (χ3n) is 4.57. The zero-order valence-electron chi connectivity index (χ0n) is 16.7. The number of hydrogen-bond acceptors (Lipinski definition) is 3. The van der Waals surface area contributed by atoms with Gasteiger partial charge in [-0.3, -0.25) is 4.79 Å². The van der Waals surface area contributed by atoms with Crippen molar-refractivity contribution in [3.8, 4) is 0 Å². The van der Waals surface area contributed by atoms with Gasteiger partial charge in [0.25, 0.3) is 0 Å². The lowest BCUT2D eigenvalue weighted by Crippen LogP contribution is -2.45. The molecule has 3 aromatic carbocycles. The first-order valence-corrected chi connectivity index (χ1v) is 11.7. The van der Waals surface area contributed by atoms with Gasteiger partial charge in [-0.05, 0) is 54.4 Å². The first-order chi connectivity index (χ1) is 15.5. The van der Waals surface area contributed by atoms with Gasteiger partial charge in [0.1, 0.15) is 6.04 Å². The number of benzene rings is 3. The van der Waals surface area contributed by atoms with Crippen LogP contribution in [0.3, 0.4) is 0 Å². The van der Waals surface area contributed by atoms with Gasteiger partial charge in [-0.1, -0.05) is 53.5 Å². The maximum atomic E-state index is 13.1. The third-order valence-corrected chi connectivity index (χ3v) is 6.64. The van der Waals surface area contributed by atoms with Crippen LogP contribution in [0, 0.1) is 0 Å². The topological polar surface area (TPSA) is 75.3 Å². The fraction of sp³-hybridized carbons (Fsp3) is 0.136. The number of carbonyl (C=O) groups excluding carboxylic acids is 1. The molecule has 0 aliphatic rings. The van der Waals surface area contributed by atoms with Crippen molar-refractivity contribution in [2.75, 3.05) is 5.32 Å². The summed E-state index contributed by atoms with van der Waals surface area (Å²) < 4.78 is 67.2. The van der Waals surface area contributed by atoms with Crippen LogP contribution in [0.25, 0.3) is 0 Å². The molecular formula is C22H17Cl2F3N2O3S. The van der Waals surface area contributed by atoms with Crippen LogP contribution in [0.1, 0.15) is 11.1 Å². The minimum absolute atomic E-state index is 0.0595. The summed E-state index contributed by atoms with van der Waals surface area (Å²) in [5, 5.41) is 2.50. The van der Waals surface area contributed by atoms with Crippen LogP contribution < -0.4 is 10.0 Å². The zero-order valence-corrected chi connectivity index (χ0v) is 19.1. The van der Waals surface area contributed by atoms with Crippen molar-refractivity contribution in [3.63, 3.8) is 0 Å². The quantitative estimate of drug-likeness (QED) is 0.432. The van der Waals surface area contributed by atoms with Crippen LogP contribution in [-0.2, 0) is 27.4 Å². The molecule has 0 aliphatic heterocycles. The molecular weight excluding hydrogens is 500 g/mol. The van der Waals surface area contributed by atoms with Gasteiger partial charge in [-0.25, -0.2) is 8.42 Å². The van der Waals surface area contributed by atoms with Gasteiger partial charge in [0, 0.05) is 5.02 Å². The average Bonchev–Trinajstić information content (AvgIpc) is 2.75. The summed E-state index contributed by atoms with van der Waals surface area (Å²) in [6.45, 7) is 0. The molecule has 0 saturated heterocycles. The average molecular weight is 517 g/mol. The van der Waals surface area contributed by atoms with Crippen LogP contribution in [0.2, 0.25) is 10.0 Å². The summed E-state index contributed by atoms with van der Waals surface area (Å²) >= 11 is 11.8. The highest BCUT2D eigenvalue weighted by molar-refractivity contribution is 7.89. The molecule has 3 aromatic rings. The van der Waals surface area contributed by atoms with E-state index in [1.807, 2.05) is 0 Å². The molecule has 3 rings (SSSR count). The van der Waals surface area contributed by atoms with Gasteiger partial charge >= 0.3 is 6.18 Å². The van der Waals surface area contributed by atoms with Crippen molar-refractivity contribution in [2.45, 2.75) is 23.5 Å². The fourth-order valence-electron chi connectivity index (χ4n) is 2.92. The molecule has 33 heavy (non-hydrogen) atoms. The lowest BCUT2D eigenvalue weighted by atomic mass is 10.1.